The van der Waals surface area contributed by atoms with Crippen LogP contribution in [-0.4, -0.2) is 30.3 Å². The number of para-hydroxylation sites is 1. The predicted molar refractivity (Wildman–Crippen MR) is 72.7 cm³/mol. The molecule has 3 heteroatoms. The molecule has 17 heavy (non-hydrogen) atoms. The van der Waals surface area contributed by atoms with Crippen molar-refractivity contribution < 1.29 is 4.74 Å². The van der Waals surface area contributed by atoms with Crippen LogP contribution in [-0.2, 0) is 6.54 Å². The van der Waals surface area contributed by atoms with Gasteiger partial charge in [-0.2, -0.15) is 12.6 Å². The van der Waals surface area contributed by atoms with Gasteiger partial charge in [0.15, 0.2) is 0 Å². The van der Waals surface area contributed by atoms with Crippen LogP contribution in [0.5, 0.6) is 5.75 Å². The Bertz CT molecular complexity index is 403. The van der Waals surface area contributed by atoms with Gasteiger partial charge < -0.3 is 4.74 Å². The molecule has 1 aliphatic heterocycles. The van der Waals surface area contributed by atoms with E-state index in [-0.39, 0.29) is 0 Å². The molecule has 0 atom stereocenters. The number of fused-ring (bicyclic) bond motifs is 1. The highest BCUT2D eigenvalue weighted by Crippen LogP contribution is 2.47. The lowest BCUT2D eigenvalue weighted by atomic mass is 10.1. The van der Waals surface area contributed by atoms with Crippen LogP contribution in [0.25, 0.3) is 0 Å². The van der Waals surface area contributed by atoms with Crippen LogP contribution in [0.3, 0.4) is 0 Å². The van der Waals surface area contributed by atoms with E-state index in [0.717, 1.165) is 31.2 Å². The van der Waals surface area contributed by atoms with Crippen molar-refractivity contribution in [2.45, 2.75) is 19.4 Å². The van der Waals surface area contributed by atoms with E-state index >= 15 is 0 Å². The summed E-state index contributed by atoms with van der Waals surface area (Å²) in [5.41, 5.74) is 1.82. The third-order valence-corrected chi connectivity index (χ3v) is 4.55. The number of hydrogen-bond acceptors (Lipinski definition) is 3. The molecule has 0 amide bonds. The summed E-state index contributed by atoms with van der Waals surface area (Å²) in [5.74, 6) is 2.08. The van der Waals surface area contributed by atoms with Gasteiger partial charge in [0.1, 0.15) is 12.4 Å². The van der Waals surface area contributed by atoms with Gasteiger partial charge in [0.05, 0.1) is 0 Å². The SMILES string of the molecule is SCC1(CN2CCOc3ccccc3C2)CC1. The van der Waals surface area contributed by atoms with E-state index in [1.54, 1.807) is 0 Å². The van der Waals surface area contributed by atoms with E-state index < -0.39 is 0 Å². The largest absolute Gasteiger partial charge is 0.492 e. The molecule has 1 fully saturated rings. The van der Waals surface area contributed by atoms with Gasteiger partial charge in [0.2, 0.25) is 0 Å². The van der Waals surface area contributed by atoms with Crippen molar-refractivity contribution in [3.8, 4) is 5.75 Å². The maximum Gasteiger partial charge on any atom is 0.123 e. The molecule has 2 aliphatic rings. The number of thiol groups is 1. The van der Waals surface area contributed by atoms with Gasteiger partial charge in [-0.25, -0.2) is 0 Å². The van der Waals surface area contributed by atoms with Gasteiger partial charge >= 0.3 is 0 Å². The Balaban J connectivity index is 1.72. The normalized spacial score (nSPS) is 22.4. The molecule has 2 nitrogen and oxygen atoms in total. The second-order valence-corrected chi connectivity index (χ2v) is 5.64. The van der Waals surface area contributed by atoms with Crippen LogP contribution >= 0.6 is 12.6 Å². The fourth-order valence-electron chi connectivity index (χ4n) is 2.53. The van der Waals surface area contributed by atoms with Crippen molar-refractivity contribution in [1.82, 2.24) is 4.90 Å². The lowest BCUT2D eigenvalue weighted by Crippen LogP contribution is -2.32. The second-order valence-electron chi connectivity index (χ2n) is 5.32. The van der Waals surface area contributed by atoms with E-state index in [1.807, 2.05) is 6.07 Å². The topological polar surface area (TPSA) is 12.5 Å². The summed E-state index contributed by atoms with van der Waals surface area (Å²) in [5, 5.41) is 0. The van der Waals surface area contributed by atoms with Gasteiger partial charge in [-0.15, -0.1) is 0 Å². The van der Waals surface area contributed by atoms with Crippen molar-refractivity contribution in [2.75, 3.05) is 25.4 Å². The van der Waals surface area contributed by atoms with E-state index in [0.29, 0.717) is 5.41 Å². The van der Waals surface area contributed by atoms with E-state index in [2.05, 4.69) is 35.7 Å². The number of rotatable bonds is 3. The average Bonchev–Trinajstić information content (AvgIpc) is 3.13. The zero-order chi connectivity index (χ0) is 11.7. The van der Waals surface area contributed by atoms with Gasteiger partial charge in [-0.05, 0) is 30.1 Å². The fraction of sp³-hybridized carbons (Fsp3) is 0.571. The lowest BCUT2D eigenvalue weighted by molar-refractivity contribution is 0.197. The fourth-order valence-corrected chi connectivity index (χ4v) is 2.95. The number of ether oxygens (including phenoxy) is 1. The first-order valence-corrected chi connectivity index (χ1v) is 6.99. The zero-order valence-electron chi connectivity index (χ0n) is 10.1. The van der Waals surface area contributed by atoms with E-state index in [9.17, 15) is 0 Å². The molecule has 0 spiro atoms. The van der Waals surface area contributed by atoms with Crippen molar-refractivity contribution in [1.29, 1.82) is 0 Å². The molecule has 1 aliphatic carbocycles. The van der Waals surface area contributed by atoms with Crippen LogP contribution in [0.15, 0.2) is 24.3 Å². The highest BCUT2D eigenvalue weighted by Gasteiger charge is 2.42. The van der Waals surface area contributed by atoms with Crippen molar-refractivity contribution >= 4 is 12.6 Å². The predicted octanol–water partition coefficient (Wildman–Crippen LogP) is 2.59. The minimum atomic E-state index is 0.502. The second kappa shape index (κ2) is 4.54. The molecule has 0 saturated heterocycles. The molecule has 1 aromatic rings. The Hall–Kier alpha value is -0.670. The highest BCUT2D eigenvalue weighted by atomic mass is 32.1. The standard InChI is InChI=1S/C14H19NOS/c17-11-14(5-6-14)10-15-7-8-16-13-4-2-1-3-12(13)9-15/h1-4,17H,5-11H2. The molecule has 92 valence electrons. The Kier molecular flexibility index (Phi) is 3.05. The summed E-state index contributed by atoms with van der Waals surface area (Å²) >= 11 is 4.49. The Morgan fingerprint density at radius 3 is 2.88 bits per heavy atom. The summed E-state index contributed by atoms with van der Waals surface area (Å²) < 4.78 is 5.79. The van der Waals surface area contributed by atoms with Crippen molar-refractivity contribution in [3.63, 3.8) is 0 Å². The van der Waals surface area contributed by atoms with Crippen LogP contribution in [0.2, 0.25) is 0 Å². The minimum absolute atomic E-state index is 0.502. The average molecular weight is 249 g/mol. The molecule has 1 saturated carbocycles. The summed E-state index contributed by atoms with van der Waals surface area (Å²) in [6.07, 6.45) is 2.69. The summed E-state index contributed by atoms with van der Waals surface area (Å²) in [4.78, 5) is 2.52. The number of benzene rings is 1. The van der Waals surface area contributed by atoms with Crippen LogP contribution in [0, 0.1) is 5.41 Å². The monoisotopic (exact) mass is 249 g/mol. The third kappa shape index (κ3) is 2.45. The molecule has 1 heterocycles. The molecule has 0 aromatic heterocycles. The molecular weight excluding hydrogens is 230 g/mol. The summed E-state index contributed by atoms with van der Waals surface area (Å²) in [6, 6.07) is 8.39. The Labute approximate surface area is 108 Å². The van der Waals surface area contributed by atoms with E-state index in [4.69, 9.17) is 4.74 Å². The molecule has 0 bridgehead atoms. The third-order valence-electron chi connectivity index (χ3n) is 3.88. The maximum atomic E-state index is 5.79. The molecule has 0 radical (unpaired) electrons. The van der Waals surface area contributed by atoms with Crippen LogP contribution in [0.1, 0.15) is 18.4 Å². The van der Waals surface area contributed by atoms with Crippen LogP contribution < -0.4 is 4.74 Å². The van der Waals surface area contributed by atoms with Gasteiger partial charge in [-0.3, -0.25) is 4.90 Å². The minimum Gasteiger partial charge on any atom is -0.492 e. The highest BCUT2D eigenvalue weighted by molar-refractivity contribution is 7.80. The molecule has 0 unspecified atom stereocenters. The van der Waals surface area contributed by atoms with E-state index in [1.165, 1.54) is 24.9 Å². The van der Waals surface area contributed by atoms with Gasteiger partial charge in [-0.1, -0.05) is 18.2 Å². The Morgan fingerprint density at radius 2 is 2.12 bits per heavy atom. The molecule has 3 rings (SSSR count). The summed E-state index contributed by atoms with van der Waals surface area (Å²) in [7, 11) is 0. The quantitative estimate of drug-likeness (QED) is 0.827. The van der Waals surface area contributed by atoms with Crippen molar-refractivity contribution in [2.24, 2.45) is 5.41 Å². The zero-order valence-corrected chi connectivity index (χ0v) is 11.0. The maximum absolute atomic E-state index is 5.79. The number of nitrogens with zero attached hydrogens (tertiary/aromatic N) is 1. The van der Waals surface area contributed by atoms with Gasteiger partial charge in [0, 0.05) is 25.2 Å². The van der Waals surface area contributed by atoms with Crippen LogP contribution in [0.4, 0.5) is 0 Å². The lowest BCUT2D eigenvalue weighted by Gasteiger charge is -2.24. The van der Waals surface area contributed by atoms with Crippen molar-refractivity contribution in [3.05, 3.63) is 29.8 Å². The van der Waals surface area contributed by atoms with Gasteiger partial charge in [0.25, 0.3) is 0 Å². The number of hydrogen-bond donors (Lipinski definition) is 1. The molecule has 0 N–H and O–H groups in total. The molecular formula is C14H19NOS. The molecule has 1 aromatic carbocycles. The first kappa shape index (κ1) is 11.4. The Morgan fingerprint density at radius 1 is 1.29 bits per heavy atom. The first-order valence-electron chi connectivity index (χ1n) is 6.35. The summed E-state index contributed by atoms with van der Waals surface area (Å²) in [6.45, 7) is 4.03. The first-order chi connectivity index (χ1) is 8.31. The smallest absolute Gasteiger partial charge is 0.123 e.